The minimum Gasteiger partial charge on any atom is -0.507 e. The molecule has 20 heavy (non-hydrogen) atoms. The van der Waals surface area contributed by atoms with Crippen molar-refractivity contribution < 1.29 is 24.5 Å². The number of ether oxygens (including phenoxy) is 1. The number of carbonyl (C=O) groups excluding carboxylic acids is 1. The molecule has 1 aromatic rings. The van der Waals surface area contributed by atoms with E-state index in [1.807, 2.05) is 6.07 Å². The van der Waals surface area contributed by atoms with Crippen LogP contribution in [0.4, 0.5) is 0 Å². The summed E-state index contributed by atoms with van der Waals surface area (Å²) in [6.07, 6.45) is 1.61. The smallest absolute Gasteiger partial charge is 0.376 e. The molecule has 6 heteroatoms. The second kappa shape index (κ2) is 7.59. The molecule has 0 amide bonds. The van der Waals surface area contributed by atoms with Gasteiger partial charge in [0.1, 0.15) is 11.5 Å². The lowest BCUT2D eigenvalue weighted by atomic mass is 10.1. The zero-order chi connectivity index (χ0) is 15.0. The standard InChI is InChI=1S/C14H13NO5/c15-6-1-2-7-20-11-5-3-4-10(8-11)12(16)9-13(17)14(18)19/h3-5,8-9,16H,1-2,7H2,(H,18,19). The monoisotopic (exact) mass is 275 g/mol. The molecule has 0 saturated carbocycles. The van der Waals surface area contributed by atoms with Crippen LogP contribution in [0.15, 0.2) is 30.3 Å². The summed E-state index contributed by atoms with van der Waals surface area (Å²) in [5, 5.41) is 26.5. The Kier molecular flexibility index (Phi) is 5.78. The Balaban J connectivity index is 2.75. The van der Waals surface area contributed by atoms with Gasteiger partial charge in [-0.3, -0.25) is 4.79 Å². The predicted molar refractivity (Wildman–Crippen MR) is 70.0 cm³/mol. The van der Waals surface area contributed by atoms with Gasteiger partial charge in [-0.2, -0.15) is 5.26 Å². The Labute approximate surface area is 115 Å². The van der Waals surface area contributed by atoms with Crippen molar-refractivity contribution in [2.75, 3.05) is 6.61 Å². The van der Waals surface area contributed by atoms with E-state index in [1.165, 1.54) is 12.1 Å². The summed E-state index contributed by atoms with van der Waals surface area (Å²) < 4.78 is 5.36. The number of hydrogen-bond donors (Lipinski definition) is 2. The highest BCUT2D eigenvalue weighted by molar-refractivity contribution is 6.38. The van der Waals surface area contributed by atoms with Crippen LogP contribution in [-0.4, -0.2) is 28.6 Å². The van der Waals surface area contributed by atoms with Gasteiger partial charge in [-0.25, -0.2) is 4.79 Å². The second-order valence-electron chi connectivity index (χ2n) is 3.84. The lowest BCUT2D eigenvalue weighted by Gasteiger charge is -2.06. The van der Waals surface area contributed by atoms with Gasteiger partial charge in [0.2, 0.25) is 0 Å². The third-order valence-electron chi connectivity index (χ3n) is 2.31. The first kappa shape index (κ1) is 15.2. The van der Waals surface area contributed by atoms with Gasteiger partial charge < -0.3 is 14.9 Å². The van der Waals surface area contributed by atoms with Crippen LogP contribution in [0.3, 0.4) is 0 Å². The Morgan fingerprint density at radius 1 is 1.35 bits per heavy atom. The Morgan fingerprint density at radius 2 is 2.10 bits per heavy atom. The highest BCUT2D eigenvalue weighted by atomic mass is 16.5. The van der Waals surface area contributed by atoms with Gasteiger partial charge in [0.15, 0.2) is 0 Å². The molecule has 1 rings (SSSR count). The molecule has 0 unspecified atom stereocenters. The molecule has 0 aliphatic rings. The van der Waals surface area contributed by atoms with Gasteiger partial charge in [0.25, 0.3) is 5.78 Å². The number of aliphatic hydroxyl groups excluding tert-OH is 1. The van der Waals surface area contributed by atoms with Crippen LogP contribution in [0.5, 0.6) is 5.75 Å². The molecule has 104 valence electrons. The maximum absolute atomic E-state index is 11.0. The molecular weight excluding hydrogens is 262 g/mol. The fraction of sp³-hybridized carbons (Fsp3) is 0.214. The zero-order valence-electron chi connectivity index (χ0n) is 10.6. The summed E-state index contributed by atoms with van der Waals surface area (Å²) in [6, 6.07) is 8.25. The summed E-state index contributed by atoms with van der Waals surface area (Å²) in [5.41, 5.74) is 0.275. The van der Waals surface area contributed by atoms with E-state index in [-0.39, 0.29) is 5.56 Å². The highest BCUT2D eigenvalue weighted by Crippen LogP contribution is 2.19. The van der Waals surface area contributed by atoms with Crippen molar-refractivity contribution in [1.82, 2.24) is 0 Å². The molecule has 0 bridgehead atoms. The first-order valence-corrected chi connectivity index (χ1v) is 5.82. The Morgan fingerprint density at radius 3 is 2.75 bits per heavy atom. The first-order chi connectivity index (χ1) is 9.54. The van der Waals surface area contributed by atoms with Crippen molar-refractivity contribution in [2.24, 2.45) is 0 Å². The highest BCUT2D eigenvalue weighted by Gasteiger charge is 2.10. The number of hydrogen-bond acceptors (Lipinski definition) is 5. The number of unbranched alkanes of at least 4 members (excludes halogenated alkanes) is 1. The Hall–Kier alpha value is -2.81. The fourth-order valence-corrected chi connectivity index (χ4v) is 1.36. The average Bonchev–Trinajstić information content (AvgIpc) is 2.43. The molecule has 2 N–H and O–H groups in total. The summed E-state index contributed by atoms with van der Waals surface area (Å²) in [7, 11) is 0. The molecule has 0 aliphatic heterocycles. The Bertz CT molecular complexity index is 571. The second-order valence-corrected chi connectivity index (χ2v) is 3.84. The minimum absolute atomic E-state index is 0.275. The number of carboxylic acids is 1. The van der Waals surface area contributed by atoms with Crippen molar-refractivity contribution in [3.63, 3.8) is 0 Å². The van der Waals surface area contributed by atoms with Gasteiger partial charge in [0.05, 0.1) is 12.7 Å². The van der Waals surface area contributed by atoms with Crippen molar-refractivity contribution in [3.05, 3.63) is 35.9 Å². The molecule has 1 aromatic carbocycles. The quantitative estimate of drug-likeness (QED) is 0.340. The van der Waals surface area contributed by atoms with E-state index < -0.39 is 17.5 Å². The maximum Gasteiger partial charge on any atom is 0.376 e. The van der Waals surface area contributed by atoms with Crippen LogP contribution in [0.25, 0.3) is 5.76 Å². The van der Waals surface area contributed by atoms with Crippen molar-refractivity contribution in [3.8, 4) is 11.8 Å². The molecule has 0 radical (unpaired) electrons. The third-order valence-corrected chi connectivity index (χ3v) is 2.31. The lowest BCUT2D eigenvalue weighted by molar-refractivity contribution is -0.146. The molecule has 0 spiro atoms. The van der Waals surface area contributed by atoms with E-state index in [9.17, 15) is 14.7 Å². The fourth-order valence-electron chi connectivity index (χ4n) is 1.36. The van der Waals surface area contributed by atoms with Gasteiger partial charge in [0, 0.05) is 18.1 Å². The van der Waals surface area contributed by atoms with Crippen LogP contribution in [0, 0.1) is 11.3 Å². The molecule has 0 aliphatic carbocycles. The van der Waals surface area contributed by atoms with E-state index in [0.717, 1.165) is 0 Å². The third kappa shape index (κ3) is 4.82. The number of benzene rings is 1. The SMILES string of the molecule is N#CCCCOc1cccc(C(O)=CC(=O)C(=O)O)c1. The molecule has 0 atom stereocenters. The number of aliphatic carboxylic acids is 1. The first-order valence-electron chi connectivity index (χ1n) is 5.82. The normalized spacial score (nSPS) is 10.7. The van der Waals surface area contributed by atoms with Crippen molar-refractivity contribution in [1.29, 1.82) is 5.26 Å². The topological polar surface area (TPSA) is 108 Å². The number of carbonyl (C=O) groups is 2. The average molecular weight is 275 g/mol. The van der Waals surface area contributed by atoms with Gasteiger partial charge in [-0.15, -0.1) is 0 Å². The number of aliphatic hydroxyl groups is 1. The van der Waals surface area contributed by atoms with E-state index in [4.69, 9.17) is 15.1 Å². The maximum atomic E-state index is 11.0. The van der Waals surface area contributed by atoms with Crippen LogP contribution in [0.1, 0.15) is 18.4 Å². The lowest BCUT2D eigenvalue weighted by Crippen LogP contribution is -2.09. The van der Waals surface area contributed by atoms with Gasteiger partial charge in [-0.05, 0) is 18.6 Å². The van der Waals surface area contributed by atoms with Crippen LogP contribution in [0.2, 0.25) is 0 Å². The van der Waals surface area contributed by atoms with Crippen molar-refractivity contribution in [2.45, 2.75) is 12.8 Å². The van der Waals surface area contributed by atoms with Gasteiger partial charge >= 0.3 is 5.97 Å². The number of ketones is 1. The number of rotatable bonds is 7. The summed E-state index contributed by atoms with van der Waals surface area (Å²) in [4.78, 5) is 21.3. The molecule has 6 nitrogen and oxygen atoms in total. The summed E-state index contributed by atoms with van der Waals surface area (Å²) in [6.45, 7) is 0.357. The molecule has 0 saturated heterocycles. The summed E-state index contributed by atoms with van der Waals surface area (Å²) in [5.74, 6) is -2.83. The molecular formula is C14H13NO5. The van der Waals surface area contributed by atoms with Crippen LogP contribution < -0.4 is 4.74 Å². The summed E-state index contributed by atoms with van der Waals surface area (Å²) >= 11 is 0. The van der Waals surface area contributed by atoms with E-state index >= 15 is 0 Å². The van der Waals surface area contributed by atoms with E-state index in [0.29, 0.717) is 31.3 Å². The molecule has 0 aromatic heterocycles. The van der Waals surface area contributed by atoms with E-state index in [2.05, 4.69) is 0 Å². The molecule has 0 fully saturated rings. The van der Waals surface area contributed by atoms with Crippen LogP contribution >= 0.6 is 0 Å². The zero-order valence-corrected chi connectivity index (χ0v) is 10.6. The minimum atomic E-state index is -1.64. The predicted octanol–water partition coefficient (Wildman–Crippen LogP) is 1.92. The molecule has 0 heterocycles. The van der Waals surface area contributed by atoms with E-state index in [1.54, 1.807) is 12.1 Å². The van der Waals surface area contributed by atoms with Gasteiger partial charge in [-0.1, -0.05) is 12.1 Å². The number of nitriles is 1. The van der Waals surface area contributed by atoms with Crippen LogP contribution in [-0.2, 0) is 9.59 Å². The number of nitrogens with zero attached hydrogens (tertiary/aromatic N) is 1. The van der Waals surface area contributed by atoms with Crippen molar-refractivity contribution >= 4 is 17.5 Å². The largest absolute Gasteiger partial charge is 0.507 e. The number of carboxylic acid groups (broad SMARTS) is 1.